The van der Waals surface area contributed by atoms with Crippen LogP contribution in [0.25, 0.3) is 10.9 Å². The number of fused-ring (bicyclic) bond motifs is 1. The number of halogens is 1. The van der Waals surface area contributed by atoms with E-state index in [4.69, 9.17) is 16.0 Å². The monoisotopic (exact) mass is 288 g/mol. The van der Waals surface area contributed by atoms with Gasteiger partial charge in [0.05, 0.1) is 13.0 Å². The van der Waals surface area contributed by atoms with E-state index in [1.54, 1.807) is 12.1 Å². The third-order valence-corrected chi connectivity index (χ3v) is 3.32. The van der Waals surface area contributed by atoms with Gasteiger partial charge in [-0.2, -0.15) is 0 Å². The smallest absolute Gasteiger partial charge is 0.224 e. The lowest BCUT2D eigenvalue weighted by atomic mass is 10.1. The summed E-state index contributed by atoms with van der Waals surface area (Å²) < 4.78 is 5.18. The first kappa shape index (κ1) is 12.8. The van der Waals surface area contributed by atoms with Crippen LogP contribution in [-0.2, 0) is 17.8 Å². The van der Waals surface area contributed by atoms with Crippen molar-refractivity contribution in [2.45, 2.75) is 13.0 Å². The van der Waals surface area contributed by atoms with Gasteiger partial charge >= 0.3 is 0 Å². The van der Waals surface area contributed by atoms with E-state index in [-0.39, 0.29) is 5.91 Å². The molecule has 0 saturated heterocycles. The maximum atomic E-state index is 11.9. The molecular formula is C15H13ClN2O2. The van der Waals surface area contributed by atoms with Crippen molar-refractivity contribution in [2.75, 3.05) is 0 Å². The molecule has 2 heterocycles. The highest BCUT2D eigenvalue weighted by molar-refractivity contribution is 6.28. The molecule has 0 saturated carbocycles. The molecule has 5 heteroatoms. The van der Waals surface area contributed by atoms with Gasteiger partial charge in [-0.25, -0.2) is 0 Å². The van der Waals surface area contributed by atoms with Gasteiger partial charge in [0.1, 0.15) is 5.76 Å². The maximum Gasteiger partial charge on any atom is 0.224 e. The van der Waals surface area contributed by atoms with E-state index in [2.05, 4.69) is 10.3 Å². The van der Waals surface area contributed by atoms with E-state index >= 15 is 0 Å². The summed E-state index contributed by atoms with van der Waals surface area (Å²) >= 11 is 5.67. The van der Waals surface area contributed by atoms with Crippen molar-refractivity contribution >= 4 is 28.4 Å². The van der Waals surface area contributed by atoms with Gasteiger partial charge in [-0.3, -0.25) is 4.79 Å². The van der Waals surface area contributed by atoms with Gasteiger partial charge in [0.2, 0.25) is 5.91 Å². The number of carbonyl (C=O) groups excluding carboxylic acids is 1. The Morgan fingerprint density at radius 3 is 2.90 bits per heavy atom. The number of hydrogen-bond donors (Lipinski definition) is 2. The molecular weight excluding hydrogens is 276 g/mol. The first-order valence-corrected chi connectivity index (χ1v) is 6.66. The molecule has 0 spiro atoms. The molecule has 0 aliphatic carbocycles. The van der Waals surface area contributed by atoms with Gasteiger partial charge in [0, 0.05) is 17.1 Å². The highest BCUT2D eigenvalue weighted by Gasteiger charge is 2.09. The van der Waals surface area contributed by atoms with Gasteiger partial charge in [0.15, 0.2) is 5.22 Å². The summed E-state index contributed by atoms with van der Waals surface area (Å²) in [7, 11) is 0. The van der Waals surface area contributed by atoms with Crippen LogP contribution >= 0.6 is 11.6 Å². The molecule has 0 fully saturated rings. The molecule has 102 valence electrons. The van der Waals surface area contributed by atoms with Crippen LogP contribution in [0, 0.1) is 0 Å². The number of benzene rings is 1. The van der Waals surface area contributed by atoms with E-state index in [0.717, 1.165) is 16.5 Å². The summed E-state index contributed by atoms with van der Waals surface area (Å²) in [6.07, 6.45) is 2.20. The minimum atomic E-state index is -0.0534. The van der Waals surface area contributed by atoms with Crippen LogP contribution in [0.5, 0.6) is 0 Å². The Bertz CT molecular complexity index is 745. The van der Waals surface area contributed by atoms with Crippen LogP contribution in [0.4, 0.5) is 0 Å². The van der Waals surface area contributed by atoms with Crippen LogP contribution in [0.2, 0.25) is 5.22 Å². The first-order valence-electron chi connectivity index (χ1n) is 6.28. The maximum absolute atomic E-state index is 11.9. The van der Waals surface area contributed by atoms with Crippen molar-refractivity contribution in [1.29, 1.82) is 0 Å². The Hall–Kier alpha value is -2.20. The Morgan fingerprint density at radius 2 is 2.10 bits per heavy atom. The van der Waals surface area contributed by atoms with Crippen molar-refractivity contribution in [2.24, 2.45) is 0 Å². The summed E-state index contributed by atoms with van der Waals surface area (Å²) in [4.78, 5) is 15.1. The fraction of sp³-hybridized carbons (Fsp3) is 0.133. The highest BCUT2D eigenvalue weighted by atomic mass is 35.5. The second kappa shape index (κ2) is 5.43. The van der Waals surface area contributed by atoms with E-state index in [0.29, 0.717) is 23.9 Å². The molecule has 0 bridgehead atoms. The summed E-state index contributed by atoms with van der Waals surface area (Å²) in [5.74, 6) is 0.588. The Morgan fingerprint density at radius 1 is 1.25 bits per heavy atom. The second-order valence-electron chi connectivity index (χ2n) is 4.52. The molecule has 1 amide bonds. The number of hydrogen-bond acceptors (Lipinski definition) is 2. The van der Waals surface area contributed by atoms with Crippen LogP contribution in [0.1, 0.15) is 11.3 Å². The van der Waals surface area contributed by atoms with Crippen molar-refractivity contribution < 1.29 is 9.21 Å². The Kier molecular flexibility index (Phi) is 3.48. The molecule has 1 aromatic carbocycles. The van der Waals surface area contributed by atoms with Crippen LogP contribution < -0.4 is 5.32 Å². The minimum absolute atomic E-state index is 0.0534. The number of H-pyrrole nitrogens is 1. The van der Waals surface area contributed by atoms with Gasteiger partial charge in [-0.05, 0) is 35.4 Å². The zero-order valence-electron chi connectivity index (χ0n) is 10.7. The molecule has 20 heavy (non-hydrogen) atoms. The molecule has 3 aromatic rings. The average molecular weight is 289 g/mol. The summed E-state index contributed by atoms with van der Waals surface area (Å²) in [5.41, 5.74) is 2.02. The fourth-order valence-electron chi connectivity index (χ4n) is 2.15. The standard InChI is InChI=1S/C15H13ClN2O2/c16-14-6-5-11(20-14)9-18-15(19)7-10-8-17-13-4-2-1-3-12(10)13/h1-6,8,17H,7,9H2,(H,18,19). The molecule has 3 rings (SSSR count). The summed E-state index contributed by atoms with van der Waals surface area (Å²) in [6.45, 7) is 0.341. The van der Waals surface area contributed by atoms with E-state index in [9.17, 15) is 4.79 Å². The van der Waals surface area contributed by atoms with Crippen molar-refractivity contribution in [3.8, 4) is 0 Å². The molecule has 0 radical (unpaired) electrons. The van der Waals surface area contributed by atoms with Gasteiger partial charge < -0.3 is 14.7 Å². The van der Waals surface area contributed by atoms with E-state index in [1.807, 2.05) is 30.5 Å². The van der Waals surface area contributed by atoms with Crippen molar-refractivity contribution in [3.63, 3.8) is 0 Å². The van der Waals surface area contributed by atoms with Crippen LogP contribution in [-0.4, -0.2) is 10.9 Å². The third kappa shape index (κ3) is 2.70. The average Bonchev–Trinajstić information content (AvgIpc) is 3.04. The van der Waals surface area contributed by atoms with Crippen molar-refractivity contribution in [1.82, 2.24) is 10.3 Å². The lowest BCUT2D eigenvalue weighted by Crippen LogP contribution is -2.24. The highest BCUT2D eigenvalue weighted by Crippen LogP contribution is 2.18. The van der Waals surface area contributed by atoms with E-state index < -0.39 is 0 Å². The lowest BCUT2D eigenvalue weighted by molar-refractivity contribution is -0.120. The molecule has 4 nitrogen and oxygen atoms in total. The predicted octanol–water partition coefficient (Wildman–Crippen LogP) is 3.27. The van der Waals surface area contributed by atoms with Crippen LogP contribution in [0.15, 0.2) is 47.0 Å². The number of amides is 1. The first-order chi connectivity index (χ1) is 9.72. The Labute approximate surface area is 120 Å². The number of furan rings is 1. The topological polar surface area (TPSA) is 58.0 Å². The zero-order chi connectivity index (χ0) is 13.9. The predicted molar refractivity (Wildman–Crippen MR) is 77.6 cm³/mol. The zero-order valence-corrected chi connectivity index (χ0v) is 11.4. The number of aromatic nitrogens is 1. The Balaban J connectivity index is 1.64. The normalized spacial score (nSPS) is 10.8. The summed E-state index contributed by atoms with van der Waals surface area (Å²) in [6, 6.07) is 11.3. The molecule has 0 unspecified atom stereocenters. The number of para-hydroxylation sites is 1. The minimum Gasteiger partial charge on any atom is -0.448 e. The fourth-order valence-corrected chi connectivity index (χ4v) is 2.31. The number of carbonyl (C=O) groups is 1. The molecule has 0 aliphatic heterocycles. The number of aromatic amines is 1. The number of nitrogens with one attached hydrogen (secondary N) is 2. The molecule has 2 N–H and O–H groups in total. The lowest BCUT2D eigenvalue weighted by Gasteiger charge is -2.02. The molecule has 0 atom stereocenters. The third-order valence-electron chi connectivity index (χ3n) is 3.11. The van der Waals surface area contributed by atoms with E-state index in [1.165, 1.54) is 0 Å². The van der Waals surface area contributed by atoms with Gasteiger partial charge in [-0.1, -0.05) is 18.2 Å². The second-order valence-corrected chi connectivity index (χ2v) is 4.89. The van der Waals surface area contributed by atoms with Gasteiger partial charge in [0.25, 0.3) is 0 Å². The van der Waals surface area contributed by atoms with Crippen LogP contribution in [0.3, 0.4) is 0 Å². The SMILES string of the molecule is O=C(Cc1c[nH]c2ccccc12)NCc1ccc(Cl)o1. The quantitative estimate of drug-likeness (QED) is 0.774. The molecule has 2 aromatic heterocycles. The molecule has 0 aliphatic rings. The number of rotatable bonds is 4. The van der Waals surface area contributed by atoms with Crippen molar-refractivity contribution in [3.05, 3.63) is 59.1 Å². The largest absolute Gasteiger partial charge is 0.448 e. The summed E-state index contributed by atoms with van der Waals surface area (Å²) in [5, 5.41) is 4.21. The van der Waals surface area contributed by atoms with Gasteiger partial charge in [-0.15, -0.1) is 0 Å².